The zero-order valence-electron chi connectivity index (χ0n) is 17.3. The maximum atomic E-state index is 13.9. The summed E-state index contributed by atoms with van der Waals surface area (Å²) >= 11 is 7.81. The van der Waals surface area contributed by atoms with Crippen LogP contribution in [0.2, 0.25) is 5.02 Å². The van der Waals surface area contributed by atoms with Crippen molar-refractivity contribution in [3.63, 3.8) is 0 Å². The average molecular weight is 459 g/mol. The second-order valence-electron chi connectivity index (χ2n) is 7.36. The second-order valence-corrected chi connectivity index (χ2v) is 8.78. The Labute approximate surface area is 194 Å². The van der Waals surface area contributed by atoms with Crippen molar-refractivity contribution in [2.45, 2.75) is 6.54 Å². The van der Waals surface area contributed by atoms with Gasteiger partial charge in [0.05, 0.1) is 28.9 Å². The number of ether oxygens (including phenoxy) is 1. The molecule has 0 saturated heterocycles. The molecule has 0 radical (unpaired) electrons. The number of carbonyl (C=O) groups excluding carboxylic acids is 1. The number of amides is 1. The second kappa shape index (κ2) is 8.61. The van der Waals surface area contributed by atoms with Gasteiger partial charge in [0.25, 0.3) is 5.91 Å². The van der Waals surface area contributed by atoms with Gasteiger partial charge in [-0.3, -0.25) is 9.69 Å². The Morgan fingerprint density at radius 1 is 0.969 bits per heavy atom. The number of halogens is 1. The lowest BCUT2D eigenvalue weighted by Gasteiger charge is -2.21. The topological polar surface area (TPSA) is 42.4 Å². The smallest absolute Gasteiger partial charge is 0.264 e. The molecule has 5 rings (SSSR count). The van der Waals surface area contributed by atoms with Gasteiger partial charge in [0.15, 0.2) is 5.13 Å². The van der Waals surface area contributed by atoms with E-state index in [1.807, 2.05) is 84.9 Å². The molecule has 32 heavy (non-hydrogen) atoms. The molecule has 0 unspecified atom stereocenters. The van der Waals surface area contributed by atoms with Crippen LogP contribution in [0.3, 0.4) is 0 Å². The van der Waals surface area contributed by atoms with Crippen molar-refractivity contribution in [2.75, 3.05) is 12.0 Å². The fraction of sp³-hybridized carbons (Fsp3) is 0.0769. The molecule has 6 heteroatoms. The third-order valence-corrected chi connectivity index (χ3v) is 6.66. The van der Waals surface area contributed by atoms with Crippen molar-refractivity contribution in [2.24, 2.45) is 0 Å². The summed E-state index contributed by atoms with van der Waals surface area (Å²) in [6.07, 6.45) is 0. The fourth-order valence-electron chi connectivity index (χ4n) is 3.71. The van der Waals surface area contributed by atoms with Crippen LogP contribution >= 0.6 is 22.9 Å². The molecule has 0 fully saturated rings. The summed E-state index contributed by atoms with van der Waals surface area (Å²) in [5.41, 5.74) is 2.20. The summed E-state index contributed by atoms with van der Waals surface area (Å²) in [5.74, 6) is 0.359. The van der Waals surface area contributed by atoms with Crippen LogP contribution in [-0.4, -0.2) is 18.0 Å². The van der Waals surface area contributed by atoms with E-state index in [1.54, 1.807) is 12.0 Å². The molecule has 0 aliphatic heterocycles. The quantitative estimate of drug-likeness (QED) is 0.286. The fourth-order valence-corrected chi connectivity index (χ4v) is 4.97. The first-order valence-electron chi connectivity index (χ1n) is 10.1. The summed E-state index contributed by atoms with van der Waals surface area (Å²) < 4.78 is 6.54. The number of rotatable bonds is 5. The van der Waals surface area contributed by atoms with Crippen LogP contribution in [0.4, 0.5) is 5.13 Å². The number of thiazole rings is 1. The Bertz CT molecular complexity index is 1430. The van der Waals surface area contributed by atoms with Crippen molar-refractivity contribution in [3.05, 3.63) is 101 Å². The van der Waals surface area contributed by atoms with Gasteiger partial charge in [-0.1, -0.05) is 83.6 Å². The van der Waals surface area contributed by atoms with Crippen LogP contribution in [0.1, 0.15) is 15.9 Å². The van der Waals surface area contributed by atoms with Crippen LogP contribution in [-0.2, 0) is 6.54 Å². The number of carbonyl (C=O) groups is 1. The van der Waals surface area contributed by atoms with Crippen molar-refractivity contribution >= 4 is 55.0 Å². The Kier molecular flexibility index (Phi) is 5.52. The summed E-state index contributed by atoms with van der Waals surface area (Å²) in [5, 5.41) is 3.16. The molecule has 1 amide bonds. The largest absolute Gasteiger partial charge is 0.496 e. The Balaban J connectivity index is 1.65. The number of methoxy groups -OCH3 is 1. The number of benzene rings is 4. The van der Waals surface area contributed by atoms with E-state index in [1.165, 1.54) is 11.3 Å². The summed E-state index contributed by atoms with van der Waals surface area (Å²) in [6.45, 7) is 0.382. The zero-order chi connectivity index (χ0) is 22.1. The van der Waals surface area contributed by atoms with Crippen molar-refractivity contribution < 1.29 is 9.53 Å². The molecule has 1 aromatic heterocycles. The molecular weight excluding hydrogens is 440 g/mol. The van der Waals surface area contributed by atoms with Gasteiger partial charge in [-0.2, -0.15) is 0 Å². The van der Waals surface area contributed by atoms with E-state index in [-0.39, 0.29) is 5.91 Å². The Morgan fingerprint density at radius 3 is 2.41 bits per heavy atom. The molecule has 0 spiro atoms. The van der Waals surface area contributed by atoms with Crippen molar-refractivity contribution in [1.82, 2.24) is 4.98 Å². The molecule has 0 N–H and O–H groups in total. The number of anilines is 1. The Hall–Kier alpha value is -3.41. The SMILES string of the molecule is COc1cc2ccccc2cc1C(=O)N(Cc1ccccc1)c1nc2c(Cl)cccc2s1. The molecule has 0 aliphatic rings. The van der Waals surface area contributed by atoms with Crippen LogP contribution < -0.4 is 9.64 Å². The lowest BCUT2D eigenvalue weighted by Crippen LogP contribution is -2.30. The van der Waals surface area contributed by atoms with E-state index in [4.69, 9.17) is 21.3 Å². The number of fused-ring (bicyclic) bond motifs is 2. The zero-order valence-corrected chi connectivity index (χ0v) is 18.9. The number of hydrogen-bond acceptors (Lipinski definition) is 4. The Morgan fingerprint density at radius 2 is 1.69 bits per heavy atom. The van der Waals surface area contributed by atoms with Crippen molar-refractivity contribution in [1.29, 1.82) is 0 Å². The first-order chi connectivity index (χ1) is 15.6. The summed E-state index contributed by atoms with van der Waals surface area (Å²) in [7, 11) is 1.58. The van der Waals surface area contributed by atoms with Gasteiger partial charge in [-0.15, -0.1) is 0 Å². The van der Waals surface area contributed by atoms with Crippen LogP contribution in [0.25, 0.3) is 21.0 Å². The first-order valence-corrected chi connectivity index (χ1v) is 11.3. The minimum absolute atomic E-state index is 0.174. The molecule has 1 heterocycles. The number of nitrogens with zero attached hydrogens (tertiary/aromatic N) is 2. The van der Waals surface area contributed by atoms with Gasteiger partial charge in [0.1, 0.15) is 11.3 Å². The van der Waals surface area contributed by atoms with Crippen LogP contribution in [0, 0.1) is 0 Å². The average Bonchev–Trinajstić information content (AvgIpc) is 3.27. The number of hydrogen-bond donors (Lipinski definition) is 0. The van der Waals surface area contributed by atoms with E-state index in [0.717, 1.165) is 21.0 Å². The van der Waals surface area contributed by atoms with E-state index in [0.29, 0.717) is 33.5 Å². The monoisotopic (exact) mass is 458 g/mol. The summed E-state index contributed by atoms with van der Waals surface area (Å²) in [4.78, 5) is 20.3. The predicted molar refractivity (Wildman–Crippen MR) is 132 cm³/mol. The van der Waals surface area contributed by atoms with E-state index in [2.05, 4.69) is 0 Å². The molecule has 4 nitrogen and oxygen atoms in total. The third-order valence-electron chi connectivity index (χ3n) is 5.32. The molecule has 0 atom stereocenters. The van der Waals surface area contributed by atoms with E-state index >= 15 is 0 Å². The van der Waals surface area contributed by atoms with Gasteiger partial charge in [-0.05, 0) is 40.6 Å². The number of para-hydroxylation sites is 1. The van der Waals surface area contributed by atoms with Gasteiger partial charge in [0, 0.05) is 0 Å². The highest BCUT2D eigenvalue weighted by Gasteiger charge is 2.25. The maximum absolute atomic E-state index is 13.9. The van der Waals surface area contributed by atoms with Crippen LogP contribution in [0.15, 0.2) is 84.9 Å². The van der Waals surface area contributed by atoms with Crippen molar-refractivity contribution in [3.8, 4) is 5.75 Å². The lowest BCUT2D eigenvalue weighted by atomic mass is 10.0. The number of aromatic nitrogens is 1. The highest BCUT2D eigenvalue weighted by molar-refractivity contribution is 7.22. The summed E-state index contributed by atoms with van der Waals surface area (Å²) in [6, 6.07) is 27.2. The highest BCUT2D eigenvalue weighted by Crippen LogP contribution is 2.35. The maximum Gasteiger partial charge on any atom is 0.264 e. The van der Waals surface area contributed by atoms with Gasteiger partial charge in [-0.25, -0.2) is 4.98 Å². The molecule has 5 aromatic rings. The highest BCUT2D eigenvalue weighted by atomic mass is 35.5. The van der Waals surface area contributed by atoms with Gasteiger partial charge >= 0.3 is 0 Å². The van der Waals surface area contributed by atoms with E-state index in [9.17, 15) is 4.79 Å². The molecule has 0 bridgehead atoms. The lowest BCUT2D eigenvalue weighted by molar-refractivity contribution is 0.0982. The minimum atomic E-state index is -0.174. The normalized spacial score (nSPS) is 11.1. The van der Waals surface area contributed by atoms with Gasteiger partial charge in [0.2, 0.25) is 0 Å². The molecule has 4 aromatic carbocycles. The van der Waals surface area contributed by atoms with E-state index < -0.39 is 0 Å². The molecular formula is C26H19ClN2O2S. The molecule has 158 valence electrons. The minimum Gasteiger partial charge on any atom is -0.496 e. The first kappa shape index (κ1) is 20.5. The molecule has 0 saturated carbocycles. The third kappa shape index (κ3) is 3.81. The van der Waals surface area contributed by atoms with Crippen LogP contribution in [0.5, 0.6) is 5.75 Å². The van der Waals surface area contributed by atoms with Gasteiger partial charge < -0.3 is 4.74 Å². The predicted octanol–water partition coefficient (Wildman–Crippen LogP) is 6.96. The molecule has 0 aliphatic carbocycles. The standard InChI is InChI=1S/C26H19ClN2O2S/c1-31-22-15-19-11-6-5-10-18(19)14-20(22)25(30)29(16-17-8-3-2-4-9-17)26-28-24-21(27)12-7-13-23(24)32-26/h2-15H,16H2,1H3.